The fraction of sp³-hybridized carbons (Fsp3) is 0.250. The molecule has 0 N–H and O–H groups in total. The van der Waals surface area contributed by atoms with Crippen LogP contribution in [0.25, 0.3) is 0 Å². The second kappa shape index (κ2) is 8.32. The lowest BCUT2D eigenvalue weighted by Gasteiger charge is -2.03. The molecule has 0 unspecified atom stereocenters. The van der Waals surface area contributed by atoms with Crippen LogP contribution >= 0.6 is 23.5 Å². The standard InChI is InChI=1S/C16H16F2S2/c17-13-3-7-15(8-4-13)19-11-1-2-12-20-16-9-5-14(18)6-10-16/h3-10H,1-2,11-12H2. The second-order valence-corrected chi connectivity index (χ2v) is 6.65. The fourth-order valence-corrected chi connectivity index (χ4v) is 3.47. The Morgan fingerprint density at radius 2 is 0.950 bits per heavy atom. The first-order chi connectivity index (χ1) is 9.74. The molecular formula is C16H16F2S2. The van der Waals surface area contributed by atoms with E-state index >= 15 is 0 Å². The van der Waals surface area contributed by atoms with Crippen molar-refractivity contribution in [2.75, 3.05) is 11.5 Å². The van der Waals surface area contributed by atoms with Gasteiger partial charge in [-0.15, -0.1) is 23.5 Å². The zero-order valence-electron chi connectivity index (χ0n) is 11.0. The highest BCUT2D eigenvalue weighted by molar-refractivity contribution is 7.99. The topological polar surface area (TPSA) is 0 Å². The highest BCUT2D eigenvalue weighted by Crippen LogP contribution is 2.22. The monoisotopic (exact) mass is 310 g/mol. The van der Waals surface area contributed by atoms with Gasteiger partial charge in [0.15, 0.2) is 0 Å². The summed E-state index contributed by atoms with van der Waals surface area (Å²) < 4.78 is 25.5. The van der Waals surface area contributed by atoms with E-state index in [4.69, 9.17) is 0 Å². The highest BCUT2D eigenvalue weighted by Gasteiger charge is 1.97. The fourth-order valence-electron chi connectivity index (χ4n) is 1.65. The van der Waals surface area contributed by atoms with Gasteiger partial charge in [-0.05, 0) is 72.9 Å². The number of benzene rings is 2. The van der Waals surface area contributed by atoms with E-state index in [1.165, 1.54) is 24.3 Å². The van der Waals surface area contributed by atoms with E-state index < -0.39 is 0 Å². The van der Waals surface area contributed by atoms with Crippen molar-refractivity contribution in [2.45, 2.75) is 22.6 Å². The van der Waals surface area contributed by atoms with E-state index in [1.54, 1.807) is 23.5 Å². The number of halogens is 2. The average molecular weight is 310 g/mol. The minimum absolute atomic E-state index is 0.190. The predicted molar refractivity (Wildman–Crippen MR) is 83.5 cm³/mol. The largest absolute Gasteiger partial charge is 0.207 e. The van der Waals surface area contributed by atoms with Crippen molar-refractivity contribution < 1.29 is 8.78 Å². The van der Waals surface area contributed by atoms with Crippen molar-refractivity contribution in [3.63, 3.8) is 0 Å². The van der Waals surface area contributed by atoms with Crippen molar-refractivity contribution in [3.8, 4) is 0 Å². The van der Waals surface area contributed by atoms with Crippen molar-refractivity contribution in [2.24, 2.45) is 0 Å². The molecule has 4 heteroatoms. The Balaban J connectivity index is 1.57. The quantitative estimate of drug-likeness (QED) is 0.480. The van der Waals surface area contributed by atoms with E-state index in [0.717, 1.165) is 34.1 Å². The van der Waals surface area contributed by atoms with Crippen LogP contribution in [0.3, 0.4) is 0 Å². The number of hydrogen-bond donors (Lipinski definition) is 0. The van der Waals surface area contributed by atoms with E-state index in [-0.39, 0.29) is 11.6 Å². The van der Waals surface area contributed by atoms with Crippen LogP contribution in [0.5, 0.6) is 0 Å². The number of rotatable bonds is 7. The lowest BCUT2D eigenvalue weighted by molar-refractivity contribution is 0.626. The van der Waals surface area contributed by atoms with E-state index in [1.807, 2.05) is 24.3 Å². The molecule has 0 amide bonds. The van der Waals surface area contributed by atoms with Gasteiger partial charge in [-0.1, -0.05) is 0 Å². The van der Waals surface area contributed by atoms with Gasteiger partial charge >= 0.3 is 0 Å². The Hall–Kier alpha value is -1.00. The normalized spacial score (nSPS) is 10.7. The molecule has 0 radical (unpaired) electrons. The summed E-state index contributed by atoms with van der Waals surface area (Å²) in [5.74, 6) is 1.70. The van der Waals surface area contributed by atoms with Gasteiger partial charge in [-0.3, -0.25) is 0 Å². The van der Waals surface area contributed by atoms with Crippen LogP contribution in [-0.4, -0.2) is 11.5 Å². The molecule has 0 saturated heterocycles. The van der Waals surface area contributed by atoms with Gasteiger partial charge in [0.2, 0.25) is 0 Å². The molecular weight excluding hydrogens is 294 g/mol. The molecule has 0 spiro atoms. The van der Waals surface area contributed by atoms with Crippen LogP contribution in [0.15, 0.2) is 58.3 Å². The van der Waals surface area contributed by atoms with Gasteiger partial charge in [0, 0.05) is 9.79 Å². The molecule has 20 heavy (non-hydrogen) atoms. The van der Waals surface area contributed by atoms with E-state index in [2.05, 4.69) is 0 Å². The zero-order chi connectivity index (χ0) is 14.2. The molecule has 2 aromatic carbocycles. The molecule has 0 saturated carbocycles. The van der Waals surface area contributed by atoms with Crippen LogP contribution in [0, 0.1) is 11.6 Å². The summed E-state index contributed by atoms with van der Waals surface area (Å²) >= 11 is 3.50. The summed E-state index contributed by atoms with van der Waals surface area (Å²) in [5, 5.41) is 0. The minimum atomic E-state index is -0.190. The number of hydrogen-bond acceptors (Lipinski definition) is 2. The van der Waals surface area contributed by atoms with Crippen LogP contribution in [0.4, 0.5) is 8.78 Å². The van der Waals surface area contributed by atoms with Gasteiger partial charge < -0.3 is 0 Å². The van der Waals surface area contributed by atoms with Gasteiger partial charge in [-0.2, -0.15) is 0 Å². The summed E-state index contributed by atoms with van der Waals surface area (Å²) in [6.45, 7) is 0. The third-order valence-corrected chi connectivity index (χ3v) is 4.90. The predicted octanol–water partition coefficient (Wildman–Crippen LogP) is 5.63. The molecule has 0 aliphatic heterocycles. The first-order valence-electron chi connectivity index (χ1n) is 6.51. The van der Waals surface area contributed by atoms with Gasteiger partial charge in [0.25, 0.3) is 0 Å². The maximum atomic E-state index is 12.7. The number of unbranched alkanes of at least 4 members (excludes halogenated alkanes) is 1. The van der Waals surface area contributed by atoms with E-state index in [9.17, 15) is 8.78 Å². The average Bonchev–Trinajstić information content (AvgIpc) is 2.46. The summed E-state index contributed by atoms with van der Waals surface area (Å²) in [6, 6.07) is 13.2. The third kappa shape index (κ3) is 5.55. The summed E-state index contributed by atoms with van der Waals surface area (Å²) in [6.07, 6.45) is 2.24. The SMILES string of the molecule is Fc1ccc(SCCCCSc2ccc(F)cc2)cc1. The molecule has 0 heterocycles. The molecule has 0 aliphatic carbocycles. The molecule has 0 nitrogen and oxygen atoms in total. The van der Waals surface area contributed by atoms with Gasteiger partial charge in [-0.25, -0.2) is 8.78 Å². The maximum Gasteiger partial charge on any atom is 0.123 e. The zero-order valence-corrected chi connectivity index (χ0v) is 12.7. The summed E-state index contributed by atoms with van der Waals surface area (Å²) in [5.41, 5.74) is 0. The Morgan fingerprint density at radius 1 is 0.600 bits per heavy atom. The summed E-state index contributed by atoms with van der Waals surface area (Å²) in [4.78, 5) is 2.22. The lowest BCUT2D eigenvalue weighted by Crippen LogP contribution is -1.85. The maximum absolute atomic E-state index is 12.7. The molecule has 2 rings (SSSR count). The van der Waals surface area contributed by atoms with Crippen molar-refractivity contribution in [3.05, 3.63) is 60.2 Å². The molecule has 0 aliphatic rings. The smallest absolute Gasteiger partial charge is 0.123 e. The van der Waals surface area contributed by atoms with Crippen LogP contribution in [0.2, 0.25) is 0 Å². The van der Waals surface area contributed by atoms with Crippen LogP contribution in [0.1, 0.15) is 12.8 Å². The van der Waals surface area contributed by atoms with Crippen molar-refractivity contribution in [1.29, 1.82) is 0 Å². The number of thioether (sulfide) groups is 2. The lowest BCUT2D eigenvalue weighted by atomic mass is 10.3. The first kappa shape index (κ1) is 15.4. The Kier molecular flexibility index (Phi) is 6.40. The van der Waals surface area contributed by atoms with Gasteiger partial charge in [0.1, 0.15) is 11.6 Å². The van der Waals surface area contributed by atoms with E-state index in [0.29, 0.717) is 0 Å². The third-order valence-electron chi connectivity index (χ3n) is 2.70. The summed E-state index contributed by atoms with van der Waals surface area (Å²) in [7, 11) is 0. The van der Waals surface area contributed by atoms with Crippen LogP contribution in [-0.2, 0) is 0 Å². The molecule has 0 bridgehead atoms. The molecule has 0 aromatic heterocycles. The molecule has 2 aromatic rings. The second-order valence-electron chi connectivity index (χ2n) is 4.31. The Morgan fingerprint density at radius 3 is 1.30 bits per heavy atom. The molecule has 106 valence electrons. The van der Waals surface area contributed by atoms with Gasteiger partial charge in [0.05, 0.1) is 0 Å². The van der Waals surface area contributed by atoms with Crippen molar-refractivity contribution >= 4 is 23.5 Å². The van der Waals surface area contributed by atoms with Crippen LogP contribution < -0.4 is 0 Å². The Labute approximate surface area is 127 Å². The Bertz CT molecular complexity index is 460. The molecule has 0 atom stereocenters. The highest BCUT2D eigenvalue weighted by atomic mass is 32.2. The first-order valence-corrected chi connectivity index (χ1v) is 8.48. The minimum Gasteiger partial charge on any atom is -0.207 e. The molecule has 0 fully saturated rings. The van der Waals surface area contributed by atoms with Crippen molar-refractivity contribution in [1.82, 2.24) is 0 Å².